The molecule has 3 nitrogen and oxygen atoms in total. The summed E-state index contributed by atoms with van der Waals surface area (Å²) in [5.74, 6) is 0. The summed E-state index contributed by atoms with van der Waals surface area (Å²) in [7, 11) is 1.84. The van der Waals surface area contributed by atoms with Gasteiger partial charge in [-0.3, -0.25) is 0 Å². The number of nitrogens with zero attached hydrogens (tertiary/aromatic N) is 1. The molecule has 4 heteroatoms. The van der Waals surface area contributed by atoms with Gasteiger partial charge in [0.1, 0.15) is 5.01 Å². The van der Waals surface area contributed by atoms with E-state index >= 15 is 0 Å². The Morgan fingerprint density at radius 3 is 2.85 bits per heavy atom. The molecule has 0 spiro atoms. The van der Waals surface area contributed by atoms with Crippen LogP contribution in [0, 0.1) is 6.92 Å². The smallest absolute Gasteiger partial charge is 0.113 e. The maximum Gasteiger partial charge on any atom is 0.113 e. The van der Waals surface area contributed by atoms with Gasteiger partial charge in [0.15, 0.2) is 0 Å². The molecule has 1 aliphatic carbocycles. The molecule has 1 aromatic heterocycles. The minimum atomic E-state index is 0.0395. The van der Waals surface area contributed by atoms with Crippen LogP contribution in [0.15, 0.2) is 0 Å². The Morgan fingerprint density at radius 2 is 2.25 bits per heavy atom. The molecular weight excluding hydrogens is 268 g/mol. The monoisotopic (exact) mass is 296 g/mol. The Labute approximate surface area is 127 Å². The first-order valence-corrected chi connectivity index (χ1v) is 8.71. The largest absolute Gasteiger partial charge is 0.381 e. The third-order valence-corrected chi connectivity index (χ3v) is 5.61. The molecule has 1 aromatic rings. The predicted molar refractivity (Wildman–Crippen MR) is 85.5 cm³/mol. The van der Waals surface area contributed by atoms with Crippen LogP contribution < -0.4 is 5.32 Å². The molecule has 2 atom stereocenters. The number of aryl methyl sites for hydroxylation is 2. The number of methoxy groups -OCH3 is 1. The van der Waals surface area contributed by atoms with E-state index in [-0.39, 0.29) is 5.54 Å². The first-order valence-electron chi connectivity index (χ1n) is 7.89. The predicted octanol–water partition coefficient (Wildman–Crippen LogP) is 3.80. The lowest BCUT2D eigenvalue weighted by Crippen LogP contribution is -2.48. The SMILES string of the molecule is CCCNC1(c2nc(CC)c(C)s2)CCCC(OC)C1. The van der Waals surface area contributed by atoms with Gasteiger partial charge < -0.3 is 10.1 Å². The molecule has 1 aliphatic rings. The van der Waals surface area contributed by atoms with Crippen molar-refractivity contribution < 1.29 is 4.74 Å². The summed E-state index contributed by atoms with van der Waals surface area (Å²) in [5, 5.41) is 5.08. The van der Waals surface area contributed by atoms with E-state index in [1.807, 2.05) is 18.4 Å². The molecule has 114 valence electrons. The van der Waals surface area contributed by atoms with Gasteiger partial charge in [-0.1, -0.05) is 13.8 Å². The van der Waals surface area contributed by atoms with Gasteiger partial charge >= 0.3 is 0 Å². The maximum absolute atomic E-state index is 5.65. The maximum atomic E-state index is 5.65. The van der Waals surface area contributed by atoms with E-state index < -0.39 is 0 Å². The Hall–Kier alpha value is -0.450. The van der Waals surface area contributed by atoms with Gasteiger partial charge in [-0.05, 0) is 52.0 Å². The van der Waals surface area contributed by atoms with E-state index in [0.717, 1.165) is 25.8 Å². The quantitative estimate of drug-likeness (QED) is 0.867. The van der Waals surface area contributed by atoms with Crippen LogP contribution >= 0.6 is 11.3 Å². The Kier molecular flexibility index (Phi) is 5.58. The normalized spacial score (nSPS) is 26.9. The van der Waals surface area contributed by atoms with Crippen LogP contribution in [0.5, 0.6) is 0 Å². The van der Waals surface area contributed by atoms with Gasteiger partial charge in [0.2, 0.25) is 0 Å². The number of aromatic nitrogens is 1. The van der Waals surface area contributed by atoms with E-state index in [1.165, 1.54) is 34.8 Å². The Balaban J connectivity index is 2.29. The summed E-state index contributed by atoms with van der Waals surface area (Å²) in [6.45, 7) is 7.67. The van der Waals surface area contributed by atoms with Gasteiger partial charge in [0.25, 0.3) is 0 Å². The molecule has 1 N–H and O–H groups in total. The minimum absolute atomic E-state index is 0.0395. The van der Waals surface area contributed by atoms with Gasteiger partial charge in [0, 0.05) is 12.0 Å². The van der Waals surface area contributed by atoms with E-state index in [9.17, 15) is 0 Å². The van der Waals surface area contributed by atoms with Crippen LogP contribution in [-0.2, 0) is 16.7 Å². The summed E-state index contributed by atoms with van der Waals surface area (Å²) in [5.41, 5.74) is 1.31. The first-order chi connectivity index (χ1) is 9.65. The summed E-state index contributed by atoms with van der Waals surface area (Å²) in [6.07, 6.45) is 7.18. The van der Waals surface area contributed by atoms with Crippen molar-refractivity contribution in [2.45, 2.75) is 70.9 Å². The number of thiazole rings is 1. The molecule has 0 aliphatic heterocycles. The van der Waals surface area contributed by atoms with Crippen LogP contribution in [-0.4, -0.2) is 24.7 Å². The lowest BCUT2D eigenvalue weighted by molar-refractivity contribution is 0.0291. The second kappa shape index (κ2) is 7.01. The molecule has 1 fully saturated rings. The summed E-state index contributed by atoms with van der Waals surface area (Å²) < 4.78 is 5.65. The van der Waals surface area contributed by atoms with Crippen LogP contribution in [0.25, 0.3) is 0 Å². The zero-order valence-electron chi connectivity index (χ0n) is 13.3. The lowest BCUT2D eigenvalue weighted by Gasteiger charge is -2.40. The van der Waals surface area contributed by atoms with Crippen LogP contribution in [0.2, 0.25) is 0 Å². The van der Waals surface area contributed by atoms with Crippen molar-refractivity contribution in [3.8, 4) is 0 Å². The van der Waals surface area contributed by atoms with Gasteiger partial charge in [-0.25, -0.2) is 4.98 Å². The summed E-state index contributed by atoms with van der Waals surface area (Å²) >= 11 is 1.88. The van der Waals surface area contributed by atoms with E-state index in [4.69, 9.17) is 9.72 Å². The highest BCUT2D eigenvalue weighted by molar-refractivity contribution is 7.11. The summed E-state index contributed by atoms with van der Waals surface area (Å²) in [6, 6.07) is 0. The fraction of sp³-hybridized carbons (Fsp3) is 0.812. The zero-order valence-corrected chi connectivity index (χ0v) is 14.1. The molecule has 2 unspecified atom stereocenters. The van der Waals surface area contributed by atoms with Crippen molar-refractivity contribution in [3.05, 3.63) is 15.6 Å². The van der Waals surface area contributed by atoms with E-state index in [1.54, 1.807) is 0 Å². The lowest BCUT2D eigenvalue weighted by atomic mass is 9.80. The number of rotatable bonds is 6. The second-order valence-corrected chi connectivity index (χ2v) is 7.04. The fourth-order valence-electron chi connectivity index (χ4n) is 3.18. The standard InChI is InChI=1S/C16H28N2OS/c1-5-10-17-16(9-7-8-13(11-16)19-4)15-18-14(6-2)12(3)20-15/h13,17H,5-11H2,1-4H3. The van der Waals surface area contributed by atoms with E-state index in [0.29, 0.717) is 6.10 Å². The van der Waals surface area contributed by atoms with E-state index in [2.05, 4.69) is 26.1 Å². The number of ether oxygens (including phenoxy) is 1. The van der Waals surface area contributed by atoms with Crippen LogP contribution in [0.1, 0.15) is 61.5 Å². The Morgan fingerprint density at radius 1 is 1.45 bits per heavy atom. The molecule has 0 amide bonds. The molecule has 0 bridgehead atoms. The molecular formula is C16H28N2OS. The van der Waals surface area contributed by atoms with Crippen molar-refractivity contribution in [2.75, 3.05) is 13.7 Å². The highest BCUT2D eigenvalue weighted by Gasteiger charge is 2.40. The van der Waals surface area contributed by atoms with Crippen molar-refractivity contribution in [1.29, 1.82) is 0 Å². The zero-order chi connectivity index (χ0) is 14.6. The van der Waals surface area contributed by atoms with Gasteiger partial charge in [-0.2, -0.15) is 0 Å². The molecule has 2 rings (SSSR count). The fourth-order valence-corrected chi connectivity index (χ4v) is 4.39. The van der Waals surface area contributed by atoms with Crippen molar-refractivity contribution in [3.63, 3.8) is 0 Å². The topological polar surface area (TPSA) is 34.2 Å². The van der Waals surface area contributed by atoms with Crippen molar-refractivity contribution in [1.82, 2.24) is 10.3 Å². The van der Waals surface area contributed by atoms with Crippen LogP contribution in [0.3, 0.4) is 0 Å². The molecule has 1 saturated carbocycles. The number of hydrogen-bond acceptors (Lipinski definition) is 4. The molecule has 20 heavy (non-hydrogen) atoms. The number of hydrogen-bond donors (Lipinski definition) is 1. The first kappa shape index (κ1) is 15.9. The highest BCUT2D eigenvalue weighted by atomic mass is 32.1. The average molecular weight is 296 g/mol. The van der Waals surface area contributed by atoms with Crippen LogP contribution in [0.4, 0.5) is 0 Å². The highest BCUT2D eigenvalue weighted by Crippen LogP contribution is 2.40. The van der Waals surface area contributed by atoms with Gasteiger partial charge in [-0.15, -0.1) is 11.3 Å². The van der Waals surface area contributed by atoms with Gasteiger partial charge in [0.05, 0.1) is 17.3 Å². The Bertz CT molecular complexity index is 432. The molecule has 0 radical (unpaired) electrons. The molecule has 0 aromatic carbocycles. The number of nitrogens with one attached hydrogen (secondary N) is 1. The minimum Gasteiger partial charge on any atom is -0.381 e. The second-order valence-electron chi connectivity index (χ2n) is 5.84. The summed E-state index contributed by atoms with van der Waals surface area (Å²) in [4.78, 5) is 6.32. The van der Waals surface area contributed by atoms with Crippen molar-refractivity contribution >= 4 is 11.3 Å². The third kappa shape index (κ3) is 3.23. The average Bonchev–Trinajstić information content (AvgIpc) is 2.87. The molecule has 0 saturated heterocycles. The van der Waals surface area contributed by atoms with Crippen molar-refractivity contribution in [2.24, 2.45) is 0 Å². The third-order valence-electron chi connectivity index (χ3n) is 4.39. The molecule has 1 heterocycles.